The van der Waals surface area contributed by atoms with Crippen molar-refractivity contribution in [2.75, 3.05) is 0 Å². The number of hydrogen-bond donors (Lipinski definition) is 1. The summed E-state index contributed by atoms with van der Waals surface area (Å²) < 4.78 is 0. The monoisotopic (exact) mass is 199 g/mol. The molecule has 2 aromatic carbocycles. The van der Waals surface area contributed by atoms with Crippen LogP contribution < -0.4 is 5.32 Å². The van der Waals surface area contributed by atoms with Crippen molar-refractivity contribution in [3.05, 3.63) is 48.0 Å². The Bertz CT molecular complexity index is 485. The van der Waals surface area contributed by atoms with Crippen molar-refractivity contribution >= 4 is 16.7 Å². The van der Waals surface area contributed by atoms with Crippen LogP contribution >= 0.6 is 0 Å². The zero-order chi connectivity index (χ0) is 10.7. The predicted molar refractivity (Wildman–Crippen MR) is 61.5 cm³/mol. The van der Waals surface area contributed by atoms with Crippen LogP contribution in [0.15, 0.2) is 42.5 Å². The van der Waals surface area contributed by atoms with Crippen molar-refractivity contribution in [2.45, 2.75) is 13.5 Å². The van der Waals surface area contributed by atoms with E-state index in [1.807, 2.05) is 24.3 Å². The summed E-state index contributed by atoms with van der Waals surface area (Å²) in [5.41, 5.74) is 1.16. The third-order valence-electron chi connectivity index (χ3n) is 2.41. The van der Waals surface area contributed by atoms with E-state index in [0.717, 1.165) is 5.56 Å². The van der Waals surface area contributed by atoms with Gasteiger partial charge in [0.1, 0.15) is 0 Å². The molecule has 76 valence electrons. The topological polar surface area (TPSA) is 29.1 Å². The van der Waals surface area contributed by atoms with Crippen LogP contribution in [0.4, 0.5) is 0 Å². The van der Waals surface area contributed by atoms with Crippen LogP contribution in [0.5, 0.6) is 0 Å². The highest BCUT2D eigenvalue weighted by Crippen LogP contribution is 2.17. The molecule has 2 aromatic rings. The molecule has 0 aliphatic carbocycles. The molecule has 2 heteroatoms. The van der Waals surface area contributed by atoms with Crippen LogP contribution in [0.25, 0.3) is 10.8 Å². The first kappa shape index (κ1) is 9.71. The summed E-state index contributed by atoms with van der Waals surface area (Å²) in [5.74, 6) is 0.00272. The molecule has 0 bridgehead atoms. The van der Waals surface area contributed by atoms with Gasteiger partial charge in [-0.2, -0.15) is 0 Å². The lowest BCUT2D eigenvalue weighted by molar-refractivity contribution is -0.119. The highest BCUT2D eigenvalue weighted by molar-refractivity contribution is 5.86. The smallest absolute Gasteiger partial charge is 0.217 e. The number of benzene rings is 2. The molecule has 2 nitrogen and oxygen atoms in total. The van der Waals surface area contributed by atoms with E-state index in [-0.39, 0.29) is 5.91 Å². The predicted octanol–water partition coefficient (Wildman–Crippen LogP) is 2.48. The van der Waals surface area contributed by atoms with Gasteiger partial charge in [0.05, 0.1) is 0 Å². The van der Waals surface area contributed by atoms with Crippen LogP contribution in [0.1, 0.15) is 12.5 Å². The minimum absolute atomic E-state index is 0.00272. The van der Waals surface area contributed by atoms with Gasteiger partial charge >= 0.3 is 0 Å². The lowest BCUT2D eigenvalue weighted by Gasteiger charge is -2.06. The molecule has 0 saturated heterocycles. The summed E-state index contributed by atoms with van der Waals surface area (Å²) in [6.45, 7) is 2.13. The maximum Gasteiger partial charge on any atom is 0.217 e. The Morgan fingerprint density at radius 1 is 1.13 bits per heavy atom. The lowest BCUT2D eigenvalue weighted by atomic mass is 10.0. The highest BCUT2D eigenvalue weighted by atomic mass is 16.1. The minimum Gasteiger partial charge on any atom is -0.352 e. The molecule has 2 rings (SSSR count). The second kappa shape index (κ2) is 4.13. The number of amides is 1. The zero-order valence-corrected chi connectivity index (χ0v) is 8.66. The molecule has 15 heavy (non-hydrogen) atoms. The van der Waals surface area contributed by atoms with Crippen LogP contribution in [-0.2, 0) is 11.3 Å². The number of nitrogens with one attached hydrogen (secondary N) is 1. The summed E-state index contributed by atoms with van der Waals surface area (Å²) in [5, 5.41) is 5.23. The molecule has 0 saturated carbocycles. The molecule has 0 radical (unpaired) electrons. The largest absolute Gasteiger partial charge is 0.352 e. The van der Waals surface area contributed by atoms with Crippen molar-refractivity contribution in [3.8, 4) is 0 Å². The van der Waals surface area contributed by atoms with E-state index in [1.54, 1.807) is 0 Å². The zero-order valence-electron chi connectivity index (χ0n) is 8.66. The van der Waals surface area contributed by atoms with Gasteiger partial charge in [-0.05, 0) is 16.3 Å². The molecule has 0 heterocycles. The van der Waals surface area contributed by atoms with E-state index < -0.39 is 0 Å². The molecule has 0 unspecified atom stereocenters. The first-order chi connectivity index (χ1) is 7.27. The van der Waals surface area contributed by atoms with E-state index in [4.69, 9.17) is 0 Å². The van der Waals surface area contributed by atoms with Gasteiger partial charge in [0.2, 0.25) is 5.91 Å². The fourth-order valence-corrected chi connectivity index (χ4v) is 1.67. The third-order valence-corrected chi connectivity index (χ3v) is 2.41. The van der Waals surface area contributed by atoms with Crippen molar-refractivity contribution in [3.63, 3.8) is 0 Å². The summed E-state index contributed by atoms with van der Waals surface area (Å²) in [4.78, 5) is 10.8. The average molecular weight is 199 g/mol. The van der Waals surface area contributed by atoms with Gasteiger partial charge in [-0.1, -0.05) is 42.5 Å². The van der Waals surface area contributed by atoms with E-state index in [2.05, 4.69) is 23.5 Å². The molecule has 0 spiro atoms. The van der Waals surface area contributed by atoms with Crippen LogP contribution in [0.2, 0.25) is 0 Å². The molecule has 0 aliphatic heterocycles. The van der Waals surface area contributed by atoms with Crippen molar-refractivity contribution in [1.82, 2.24) is 5.32 Å². The number of carbonyl (C=O) groups is 1. The lowest BCUT2D eigenvalue weighted by Crippen LogP contribution is -2.18. The number of carbonyl (C=O) groups excluding carboxylic acids is 1. The molecule has 1 amide bonds. The molecule has 1 N–H and O–H groups in total. The van der Waals surface area contributed by atoms with Gasteiger partial charge in [0.25, 0.3) is 0 Å². The fourth-order valence-electron chi connectivity index (χ4n) is 1.67. The Morgan fingerprint density at radius 2 is 1.87 bits per heavy atom. The van der Waals surface area contributed by atoms with Gasteiger partial charge in [0, 0.05) is 13.5 Å². The van der Waals surface area contributed by atoms with Crippen molar-refractivity contribution in [2.24, 2.45) is 0 Å². The Hall–Kier alpha value is -1.83. The van der Waals surface area contributed by atoms with Gasteiger partial charge in [-0.25, -0.2) is 0 Å². The normalized spacial score (nSPS) is 10.2. The summed E-state index contributed by atoms with van der Waals surface area (Å²) in [6, 6.07) is 14.3. The van der Waals surface area contributed by atoms with Gasteiger partial charge in [0.15, 0.2) is 0 Å². The van der Waals surface area contributed by atoms with Crippen LogP contribution in [0.3, 0.4) is 0 Å². The maximum atomic E-state index is 10.8. The van der Waals surface area contributed by atoms with Crippen molar-refractivity contribution < 1.29 is 4.79 Å². The average Bonchev–Trinajstić information content (AvgIpc) is 2.26. The van der Waals surface area contributed by atoms with Crippen molar-refractivity contribution in [1.29, 1.82) is 0 Å². The number of fused-ring (bicyclic) bond motifs is 1. The standard InChI is InChI=1S/C13H13NO/c1-10(15)14-9-12-7-4-6-11-5-2-3-8-13(11)12/h2-8H,9H2,1H3,(H,14,15). The van der Waals surface area contributed by atoms with Gasteiger partial charge in [-0.3, -0.25) is 4.79 Å². The summed E-state index contributed by atoms with van der Waals surface area (Å²) >= 11 is 0. The minimum atomic E-state index is 0.00272. The second-order valence-corrected chi connectivity index (χ2v) is 3.55. The third kappa shape index (κ3) is 2.15. The van der Waals surface area contributed by atoms with Gasteiger partial charge < -0.3 is 5.32 Å². The molecular weight excluding hydrogens is 186 g/mol. The van der Waals surface area contributed by atoms with Crippen LogP contribution in [0, 0.1) is 0 Å². The van der Waals surface area contributed by atoms with E-state index >= 15 is 0 Å². The SMILES string of the molecule is CC(=O)NCc1cccc2ccccc12. The Balaban J connectivity index is 2.38. The molecule has 0 aliphatic rings. The van der Waals surface area contributed by atoms with E-state index in [1.165, 1.54) is 17.7 Å². The number of rotatable bonds is 2. The summed E-state index contributed by atoms with van der Waals surface area (Å²) in [7, 11) is 0. The molecule has 0 atom stereocenters. The quantitative estimate of drug-likeness (QED) is 0.791. The van der Waals surface area contributed by atoms with E-state index in [0.29, 0.717) is 6.54 Å². The fraction of sp³-hybridized carbons (Fsp3) is 0.154. The second-order valence-electron chi connectivity index (χ2n) is 3.55. The molecule has 0 fully saturated rings. The van der Waals surface area contributed by atoms with Gasteiger partial charge in [-0.15, -0.1) is 0 Å². The maximum absolute atomic E-state index is 10.8. The highest BCUT2D eigenvalue weighted by Gasteiger charge is 1.99. The Morgan fingerprint density at radius 3 is 2.67 bits per heavy atom. The number of hydrogen-bond acceptors (Lipinski definition) is 1. The van der Waals surface area contributed by atoms with E-state index in [9.17, 15) is 4.79 Å². The summed E-state index contributed by atoms with van der Waals surface area (Å²) in [6.07, 6.45) is 0. The van der Waals surface area contributed by atoms with Crippen LogP contribution in [-0.4, -0.2) is 5.91 Å². The Kier molecular flexibility index (Phi) is 2.68. The first-order valence-corrected chi connectivity index (χ1v) is 4.98. The molecular formula is C13H13NO. The Labute approximate surface area is 88.9 Å². The molecule has 0 aromatic heterocycles. The first-order valence-electron chi connectivity index (χ1n) is 4.98.